The zero-order valence-corrected chi connectivity index (χ0v) is 17.7. The molecule has 0 bridgehead atoms. The number of rotatable bonds is 8. The Morgan fingerprint density at radius 2 is 1.90 bits per heavy atom. The highest BCUT2D eigenvalue weighted by molar-refractivity contribution is 6.08. The van der Waals surface area contributed by atoms with Crippen LogP contribution in [-0.4, -0.2) is 39.8 Å². The van der Waals surface area contributed by atoms with E-state index in [0.29, 0.717) is 29.9 Å². The first-order valence-electron chi connectivity index (χ1n) is 10.3. The van der Waals surface area contributed by atoms with Gasteiger partial charge >= 0.3 is 0 Å². The first-order valence-corrected chi connectivity index (χ1v) is 10.3. The Balaban J connectivity index is 2.03. The van der Waals surface area contributed by atoms with E-state index < -0.39 is 29.4 Å². The van der Waals surface area contributed by atoms with E-state index in [2.05, 4.69) is 5.32 Å². The van der Waals surface area contributed by atoms with Crippen LogP contribution in [0.2, 0.25) is 0 Å². The van der Waals surface area contributed by atoms with E-state index in [1.54, 1.807) is 42.2 Å². The maximum Gasteiger partial charge on any atom is 0.264 e. The highest BCUT2D eigenvalue weighted by atomic mass is 16.3. The zero-order chi connectivity index (χ0) is 22.6. The summed E-state index contributed by atoms with van der Waals surface area (Å²) in [6.45, 7) is 3.37. The van der Waals surface area contributed by atoms with Gasteiger partial charge < -0.3 is 25.5 Å². The van der Waals surface area contributed by atoms with Crippen LogP contribution in [0.25, 0.3) is 0 Å². The SMILES string of the molecule is C[C@H](O)C(=O)Nc1ccc2c(c1)[C@](O)([C@@H](C)/C=C/CCO)C(=O)N2Cc1ccccc1. The van der Waals surface area contributed by atoms with E-state index in [4.69, 9.17) is 5.11 Å². The molecule has 3 atom stereocenters. The van der Waals surface area contributed by atoms with Crippen molar-refractivity contribution in [3.05, 3.63) is 71.8 Å². The van der Waals surface area contributed by atoms with Crippen molar-refractivity contribution in [2.24, 2.45) is 5.92 Å². The zero-order valence-electron chi connectivity index (χ0n) is 17.7. The molecule has 0 fully saturated rings. The van der Waals surface area contributed by atoms with Crippen LogP contribution in [-0.2, 0) is 21.7 Å². The average molecular weight is 424 g/mol. The number of nitrogens with one attached hydrogen (secondary N) is 1. The quantitative estimate of drug-likeness (QED) is 0.486. The minimum Gasteiger partial charge on any atom is -0.396 e. The molecule has 1 aliphatic heterocycles. The van der Waals surface area contributed by atoms with Gasteiger partial charge in [-0.25, -0.2) is 0 Å². The minimum absolute atomic E-state index is 0.0260. The second-order valence-corrected chi connectivity index (χ2v) is 7.77. The Bertz CT molecular complexity index is 973. The smallest absolute Gasteiger partial charge is 0.264 e. The van der Waals surface area contributed by atoms with Gasteiger partial charge in [0.05, 0.1) is 12.2 Å². The van der Waals surface area contributed by atoms with Crippen molar-refractivity contribution in [2.75, 3.05) is 16.8 Å². The van der Waals surface area contributed by atoms with Crippen molar-refractivity contribution >= 4 is 23.2 Å². The van der Waals surface area contributed by atoms with Crippen LogP contribution >= 0.6 is 0 Å². The molecule has 0 spiro atoms. The predicted molar refractivity (Wildman–Crippen MR) is 118 cm³/mol. The molecule has 0 saturated heterocycles. The first-order chi connectivity index (χ1) is 14.8. The van der Waals surface area contributed by atoms with Crippen molar-refractivity contribution in [1.82, 2.24) is 0 Å². The van der Waals surface area contributed by atoms with Crippen LogP contribution in [0.15, 0.2) is 60.7 Å². The molecule has 2 amide bonds. The molecule has 1 aliphatic rings. The lowest BCUT2D eigenvalue weighted by atomic mass is 9.82. The van der Waals surface area contributed by atoms with Crippen LogP contribution in [0.3, 0.4) is 0 Å². The lowest BCUT2D eigenvalue weighted by molar-refractivity contribution is -0.139. The van der Waals surface area contributed by atoms with E-state index >= 15 is 0 Å². The fourth-order valence-electron chi connectivity index (χ4n) is 3.71. The molecular formula is C24H28N2O5. The van der Waals surface area contributed by atoms with Gasteiger partial charge in [-0.3, -0.25) is 9.59 Å². The molecule has 0 aromatic heterocycles. The molecule has 3 rings (SSSR count). The number of fused-ring (bicyclic) bond motifs is 1. The number of amides is 2. The fraction of sp³-hybridized carbons (Fsp3) is 0.333. The van der Waals surface area contributed by atoms with Gasteiger partial charge in [0.15, 0.2) is 5.60 Å². The number of carbonyl (C=O) groups is 2. The van der Waals surface area contributed by atoms with Gasteiger partial charge in [0.25, 0.3) is 11.8 Å². The van der Waals surface area contributed by atoms with Crippen LogP contribution in [0.4, 0.5) is 11.4 Å². The summed E-state index contributed by atoms with van der Waals surface area (Å²) in [4.78, 5) is 26.9. The summed E-state index contributed by atoms with van der Waals surface area (Å²) in [6, 6.07) is 14.4. The maximum atomic E-state index is 13.5. The summed E-state index contributed by atoms with van der Waals surface area (Å²) in [5, 5.41) is 32.7. The highest BCUT2D eigenvalue weighted by Gasteiger charge is 2.52. The Labute approximate surface area is 181 Å². The third-order valence-corrected chi connectivity index (χ3v) is 5.48. The number of carbonyl (C=O) groups excluding carboxylic acids is 2. The van der Waals surface area contributed by atoms with Crippen LogP contribution in [0.5, 0.6) is 0 Å². The lowest BCUT2D eigenvalue weighted by Gasteiger charge is -2.28. The second kappa shape index (κ2) is 9.43. The van der Waals surface area contributed by atoms with Crippen LogP contribution in [0.1, 0.15) is 31.4 Å². The van der Waals surface area contributed by atoms with Gasteiger partial charge in [0.2, 0.25) is 0 Å². The molecule has 1 heterocycles. The first kappa shape index (κ1) is 22.7. The molecule has 0 unspecified atom stereocenters. The molecule has 0 radical (unpaired) electrons. The third-order valence-electron chi connectivity index (χ3n) is 5.48. The van der Waals surface area contributed by atoms with Crippen molar-refractivity contribution < 1.29 is 24.9 Å². The van der Waals surface area contributed by atoms with Crippen LogP contribution < -0.4 is 10.2 Å². The number of nitrogens with zero attached hydrogens (tertiary/aromatic N) is 1. The molecule has 164 valence electrons. The number of aliphatic hydroxyl groups excluding tert-OH is 2. The number of aliphatic hydroxyl groups is 3. The highest BCUT2D eigenvalue weighted by Crippen LogP contribution is 2.46. The molecular weight excluding hydrogens is 396 g/mol. The number of hydrogen-bond acceptors (Lipinski definition) is 5. The van der Waals surface area contributed by atoms with E-state index in [1.165, 1.54) is 6.92 Å². The monoisotopic (exact) mass is 424 g/mol. The number of benzene rings is 2. The molecule has 31 heavy (non-hydrogen) atoms. The molecule has 0 saturated carbocycles. The van der Waals surface area contributed by atoms with Crippen LogP contribution in [0, 0.1) is 5.92 Å². The number of anilines is 2. The summed E-state index contributed by atoms with van der Waals surface area (Å²) in [7, 11) is 0. The Morgan fingerprint density at radius 3 is 2.55 bits per heavy atom. The molecule has 2 aromatic rings. The summed E-state index contributed by atoms with van der Waals surface area (Å²) in [5.74, 6) is -1.61. The molecule has 0 aliphatic carbocycles. The Morgan fingerprint density at radius 1 is 1.19 bits per heavy atom. The van der Waals surface area contributed by atoms with Crippen molar-refractivity contribution in [2.45, 2.75) is 38.5 Å². The largest absolute Gasteiger partial charge is 0.396 e. The molecule has 7 nitrogen and oxygen atoms in total. The van der Waals surface area contributed by atoms with Crippen molar-refractivity contribution in [1.29, 1.82) is 0 Å². The van der Waals surface area contributed by atoms with E-state index in [9.17, 15) is 19.8 Å². The second-order valence-electron chi connectivity index (χ2n) is 7.77. The Hall–Kier alpha value is -3.00. The molecule has 2 aromatic carbocycles. The minimum atomic E-state index is -1.83. The Kier molecular flexibility index (Phi) is 6.90. The topological polar surface area (TPSA) is 110 Å². The number of hydrogen-bond donors (Lipinski definition) is 4. The average Bonchev–Trinajstić information content (AvgIpc) is 2.97. The maximum absolute atomic E-state index is 13.5. The molecule has 7 heteroatoms. The van der Waals surface area contributed by atoms with E-state index in [1.807, 2.05) is 30.3 Å². The molecule has 4 N–H and O–H groups in total. The predicted octanol–water partition coefficient (Wildman–Crippen LogP) is 2.32. The van der Waals surface area contributed by atoms with Gasteiger partial charge in [-0.1, -0.05) is 49.4 Å². The van der Waals surface area contributed by atoms with Gasteiger partial charge in [0, 0.05) is 23.8 Å². The van der Waals surface area contributed by atoms with Gasteiger partial charge in [0.1, 0.15) is 6.10 Å². The summed E-state index contributed by atoms with van der Waals surface area (Å²) >= 11 is 0. The van der Waals surface area contributed by atoms with Crippen molar-refractivity contribution in [3.8, 4) is 0 Å². The van der Waals surface area contributed by atoms with E-state index in [0.717, 1.165) is 5.56 Å². The summed E-state index contributed by atoms with van der Waals surface area (Å²) < 4.78 is 0. The van der Waals surface area contributed by atoms with Gasteiger partial charge in [-0.2, -0.15) is 0 Å². The van der Waals surface area contributed by atoms with Gasteiger partial charge in [-0.05, 0) is 37.1 Å². The fourth-order valence-corrected chi connectivity index (χ4v) is 3.71. The van der Waals surface area contributed by atoms with Crippen molar-refractivity contribution in [3.63, 3.8) is 0 Å². The normalized spacial score (nSPS) is 20.0. The third kappa shape index (κ3) is 4.54. The standard InChI is InChI=1S/C24H28N2O5/c1-16(8-6-7-13-27)24(31)20-14-19(25-22(29)17(2)28)11-12-21(20)26(23(24)30)15-18-9-4-3-5-10-18/h3-6,8-12,14,16-17,27-28,31H,7,13,15H2,1-2H3,(H,25,29)/b8-6+/t16-,17-,24+/m0/s1. The van der Waals surface area contributed by atoms with E-state index in [-0.39, 0.29) is 6.61 Å². The summed E-state index contributed by atoms with van der Waals surface area (Å²) in [5.41, 5.74) is 0.415. The van der Waals surface area contributed by atoms with Gasteiger partial charge in [-0.15, -0.1) is 0 Å². The summed E-state index contributed by atoms with van der Waals surface area (Å²) in [6.07, 6.45) is 2.67. The lowest BCUT2D eigenvalue weighted by Crippen LogP contribution is -2.44.